The summed E-state index contributed by atoms with van der Waals surface area (Å²) in [7, 11) is 4.68. The van der Waals surface area contributed by atoms with Gasteiger partial charge in [-0.1, -0.05) is 12.1 Å². The van der Waals surface area contributed by atoms with Gasteiger partial charge in [0.25, 0.3) is 0 Å². The van der Waals surface area contributed by atoms with Crippen molar-refractivity contribution in [1.29, 1.82) is 0 Å². The van der Waals surface area contributed by atoms with E-state index in [2.05, 4.69) is 4.99 Å². The van der Waals surface area contributed by atoms with Crippen molar-refractivity contribution in [1.82, 2.24) is 0 Å². The van der Waals surface area contributed by atoms with Gasteiger partial charge in [-0.2, -0.15) is 4.99 Å². The number of nitrogens with zero attached hydrogens (tertiary/aromatic N) is 1. The molecule has 0 aliphatic carbocycles. The first-order valence-corrected chi connectivity index (χ1v) is 6.21. The van der Waals surface area contributed by atoms with Gasteiger partial charge in [-0.05, 0) is 35.4 Å². The zero-order chi connectivity index (χ0) is 15.2. The molecule has 0 bridgehead atoms. The lowest BCUT2D eigenvalue weighted by atomic mass is 10.0. The van der Waals surface area contributed by atoms with Gasteiger partial charge in [0.1, 0.15) is 0 Å². The maximum Gasteiger partial charge on any atom is 0.240 e. The van der Waals surface area contributed by atoms with Gasteiger partial charge in [-0.25, -0.2) is 4.79 Å². The van der Waals surface area contributed by atoms with E-state index in [1.165, 1.54) is 6.08 Å². The predicted octanol–water partition coefficient (Wildman–Crippen LogP) is 3.35. The molecule has 108 valence electrons. The first-order valence-electron chi connectivity index (χ1n) is 6.21. The highest BCUT2D eigenvalue weighted by Gasteiger charge is 2.14. The molecule has 2 aromatic rings. The molecular formula is C16H15NO4. The molecule has 0 unspecified atom stereocenters. The third kappa shape index (κ3) is 3.04. The van der Waals surface area contributed by atoms with E-state index < -0.39 is 0 Å². The Morgan fingerprint density at radius 2 is 1.57 bits per heavy atom. The summed E-state index contributed by atoms with van der Waals surface area (Å²) in [6.07, 6.45) is 1.53. The van der Waals surface area contributed by atoms with E-state index in [0.29, 0.717) is 22.9 Å². The quantitative estimate of drug-likeness (QED) is 0.624. The predicted molar refractivity (Wildman–Crippen MR) is 79.3 cm³/mol. The molecule has 0 amide bonds. The number of benzene rings is 2. The van der Waals surface area contributed by atoms with Gasteiger partial charge in [-0.3, -0.25) is 0 Å². The molecule has 0 N–H and O–H groups in total. The maximum atomic E-state index is 10.4. The summed E-state index contributed by atoms with van der Waals surface area (Å²) in [6, 6.07) is 10.9. The molecular weight excluding hydrogens is 270 g/mol. The summed E-state index contributed by atoms with van der Waals surface area (Å²) in [5.74, 6) is 1.66. The summed E-state index contributed by atoms with van der Waals surface area (Å²) in [4.78, 5) is 14.0. The first-order chi connectivity index (χ1) is 10.2. The van der Waals surface area contributed by atoms with Gasteiger partial charge in [-0.15, -0.1) is 0 Å². The Kier molecular flexibility index (Phi) is 4.59. The van der Waals surface area contributed by atoms with Crippen LogP contribution in [0.1, 0.15) is 0 Å². The zero-order valence-corrected chi connectivity index (χ0v) is 12.0. The van der Waals surface area contributed by atoms with Crippen LogP contribution < -0.4 is 14.2 Å². The molecule has 0 atom stereocenters. The van der Waals surface area contributed by atoms with Crippen LogP contribution in [0.5, 0.6) is 17.2 Å². The third-order valence-corrected chi connectivity index (χ3v) is 3.02. The molecule has 2 aromatic carbocycles. The van der Waals surface area contributed by atoms with Crippen molar-refractivity contribution in [3.8, 4) is 28.4 Å². The van der Waals surface area contributed by atoms with Gasteiger partial charge in [0, 0.05) is 0 Å². The summed E-state index contributed by atoms with van der Waals surface area (Å²) >= 11 is 0. The highest BCUT2D eigenvalue weighted by molar-refractivity contribution is 5.73. The van der Waals surface area contributed by atoms with Crippen molar-refractivity contribution in [2.75, 3.05) is 21.3 Å². The zero-order valence-electron chi connectivity index (χ0n) is 12.0. The Morgan fingerprint density at radius 1 is 0.905 bits per heavy atom. The molecule has 5 nitrogen and oxygen atoms in total. The molecule has 0 aliphatic heterocycles. The van der Waals surface area contributed by atoms with Crippen molar-refractivity contribution >= 4 is 11.8 Å². The van der Waals surface area contributed by atoms with Crippen molar-refractivity contribution in [3.63, 3.8) is 0 Å². The fourth-order valence-electron chi connectivity index (χ4n) is 2.06. The second-order valence-corrected chi connectivity index (χ2v) is 4.17. The Bertz CT molecular complexity index is 665. The summed E-state index contributed by atoms with van der Waals surface area (Å²) in [5, 5.41) is 0. The largest absolute Gasteiger partial charge is 0.493 e. The molecule has 21 heavy (non-hydrogen) atoms. The van der Waals surface area contributed by atoms with Gasteiger partial charge in [0.15, 0.2) is 11.5 Å². The number of methoxy groups -OCH3 is 3. The van der Waals surface area contributed by atoms with Crippen molar-refractivity contribution in [3.05, 3.63) is 36.4 Å². The number of aliphatic imine (C=N–C) groups is 1. The topological polar surface area (TPSA) is 57.1 Å². The number of isocyanates is 1. The van der Waals surface area contributed by atoms with E-state index in [1.807, 2.05) is 24.3 Å². The summed E-state index contributed by atoms with van der Waals surface area (Å²) in [6.45, 7) is 0. The average Bonchev–Trinajstić information content (AvgIpc) is 2.54. The standard InChI is InChI=1S/C16H15NO4/c1-19-14-8-12(9-15(20-2)16(14)21-3)11-5-4-6-13(7-11)17-10-18/h4-9H,1-3H3. The van der Waals surface area contributed by atoms with E-state index in [1.54, 1.807) is 33.5 Å². The van der Waals surface area contributed by atoms with Crippen LogP contribution in [0.4, 0.5) is 5.69 Å². The monoisotopic (exact) mass is 285 g/mol. The van der Waals surface area contributed by atoms with Crippen LogP contribution in [0.2, 0.25) is 0 Å². The Balaban J connectivity index is 2.58. The van der Waals surface area contributed by atoms with E-state index in [-0.39, 0.29) is 0 Å². The number of rotatable bonds is 5. The number of hydrogen-bond donors (Lipinski definition) is 0. The molecule has 0 fully saturated rings. The van der Waals surface area contributed by atoms with Crippen LogP contribution in [0.25, 0.3) is 11.1 Å². The highest BCUT2D eigenvalue weighted by Crippen LogP contribution is 2.41. The minimum Gasteiger partial charge on any atom is -0.493 e. The molecule has 0 aromatic heterocycles. The highest BCUT2D eigenvalue weighted by atomic mass is 16.5. The normalized spacial score (nSPS) is 9.67. The van der Waals surface area contributed by atoms with Crippen LogP contribution in [0.15, 0.2) is 41.4 Å². The smallest absolute Gasteiger partial charge is 0.240 e. The second-order valence-electron chi connectivity index (χ2n) is 4.17. The number of carbonyl (C=O) groups excluding carboxylic acids is 1. The molecule has 0 saturated carbocycles. The van der Waals surface area contributed by atoms with Crippen LogP contribution in [0, 0.1) is 0 Å². The summed E-state index contributed by atoms with van der Waals surface area (Å²) in [5.41, 5.74) is 2.29. The third-order valence-electron chi connectivity index (χ3n) is 3.02. The van der Waals surface area contributed by atoms with Crippen LogP contribution in [0.3, 0.4) is 0 Å². The van der Waals surface area contributed by atoms with Gasteiger partial charge in [0.05, 0.1) is 27.0 Å². The molecule has 5 heteroatoms. The molecule has 0 aliphatic rings. The lowest BCUT2D eigenvalue weighted by Crippen LogP contribution is -1.95. The van der Waals surface area contributed by atoms with Gasteiger partial charge < -0.3 is 14.2 Å². The van der Waals surface area contributed by atoms with Crippen LogP contribution in [-0.2, 0) is 4.79 Å². The average molecular weight is 285 g/mol. The van der Waals surface area contributed by atoms with Gasteiger partial charge in [0.2, 0.25) is 11.8 Å². The first kappa shape index (κ1) is 14.6. The SMILES string of the molecule is COc1cc(-c2cccc(N=C=O)c2)cc(OC)c1OC. The molecule has 0 heterocycles. The maximum absolute atomic E-state index is 10.4. The molecule has 0 spiro atoms. The van der Waals surface area contributed by atoms with Crippen LogP contribution in [-0.4, -0.2) is 27.4 Å². The molecule has 2 rings (SSSR count). The number of hydrogen-bond acceptors (Lipinski definition) is 5. The molecule has 0 radical (unpaired) electrons. The Hall–Kier alpha value is -2.78. The lowest BCUT2D eigenvalue weighted by Gasteiger charge is -2.14. The van der Waals surface area contributed by atoms with Crippen molar-refractivity contribution in [2.24, 2.45) is 4.99 Å². The Morgan fingerprint density at radius 3 is 2.10 bits per heavy atom. The minimum absolute atomic E-state index is 0.533. The van der Waals surface area contributed by atoms with Gasteiger partial charge >= 0.3 is 0 Å². The van der Waals surface area contributed by atoms with Crippen LogP contribution >= 0.6 is 0 Å². The van der Waals surface area contributed by atoms with E-state index >= 15 is 0 Å². The fraction of sp³-hybridized carbons (Fsp3) is 0.188. The molecule has 0 saturated heterocycles. The second kappa shape index (κ2) is 6.59. The van der Waals surface area contributed by atoms with E-state index in [0.717, 1.165) is 11.1 Å². The van der Waals surface area contributed by atoms with E-state index in [4.69, 9.17) is 14.2 Å². The Labute approximate surface area is 122 Å². The fourth-order valence-corrected chi connectivity index (χ4v) is 2.06. The van der Waals surface area contributed by atoms with Crippen molar-refractivity contribution < 1.29 is 19.0 Å². The van der Waals surface area contributed by atoms with E-state index in [9.17, 15) is 4.79 Å². The lowest BCUT2D eigenvalue weighted by molar-refractivity contribution is 0.324. The minimum atomic E-state index is 0.533. The van der Waals surface area contributed by atoms with Crippen molar-refractivity contribution in [2.45, 2.75) is 0 Å². The number of ether oxygens (including phenoxy) is 3. The summed E-state index contributed by atoms with van der Waals surface area (Å²) < 4.78 is 15.9.